The van der Waals surface area contributed by atoms with E-state index in [-0.39, 0.29) is 22.9 Å². The largest absolute Gasteiger partial charge is 0.384 e. The molecule has 0 saturated carbocycles. The molecule has 1 saturated heterocycles. The maximum atomic E-state index is 12.6. The molecule has 3 N–H and O–H groups in total. The average Bonchev–Trinajstić information content (AvgIpc) is 3.42. The molecule has 1 fully saturated rings. The molecule has 2 aliphatic heterocycles. The van der Waals surface area contributed by atoms with Crippen LogP contribution in [0.25, 0.3) is 5.69 Å². The molecule has 2 aliphatic rings. The number of nitrogens with two attached hydrogens (primary N) is 1. The molecule has 9 nitrogen and oxygen atoms in total. The van der Waals surface area contributed by atoms with Gasteiger partial charge >= 0.3 is 0 Å². The molecule has 3 aromatic rings. The van der Waals surface area contributed by atoms with Crippen molar-refractivity contribution in [3.63, 3.8) is 0 Å². The van der Waals surface area contributed by atoms with E-state index in [4.69, 9.17) is 5.73 Å². The Morgan fingerprint density at radius 2 is 1.62 bits per heavy atom. The van der Waals surface area contributed by atoms with Crippen LogP contribution in [0.5, 0.6) is 0 Å². The van der Waals surface area contributed by atoms with Gasteiger partial charge in [0, 0.05) is 37.9 Å². The standard InChI is InChI=1S/C22H19N5O4S/c23-19-18-15(20(29)24-21(18)30)12-17(28)27(19)14-5-3-13(4-6-14)25-7-9-26(10-8-25)22(31)16-2-1-11-32-16/h1-6,11-12H,7-10,23H2,(H,24,29,30). The van der Waals surface area contributed by atoms with Crippen molar-refractivity contribution in [2.75, 3.05) is 36.8 Å². The Kier molecular flexibility index (Phi) is 4.78. The summed E-state index contributed by atoms with van der Waals surface area (Å²) in [7, 11) is 0. The summed E-state index contributed by atoms with van der Waals surface area (Å²) < 4.78 is 1.22. The van der Waals surface area contributed by atoms with Gasteiger partial charge in [0.1, 0.15) is 5.82 Å². The highest BCUT2D eigenvalue weighted by Crippen LogP contribution is 2.25. The van der Waals surface area contributed by atoms with E-state index in [9.17, 15) is 19.2 Å². The number of nitrogens with one attached hydrogen (secondary N) is 1. The van der Waals surface area contributed by atoms with Crippen LogP contribution in [0.4, 0.5) is 11.5 Å². The monoisotopic (exact) mass is 449 g/mol. The van der Waals surface area contributed by atoms with Gasteiger partial charge in [0.05, 0.1) is 21.7 Å². The zero-order chi connectivity index (χ0) is 22.4. The normalized spacial score (nSPS) is 15.6. The molecular weight excluding hydrogens is 430 g/mol. The molecular formula is C22H19N5O4S. The highest BCUT2D eigenvalue weighted by Gasteiger charge is 2.32. The first kappa shape index (κ1) is 20.0. The minimum Gasteiger partial charge on any atom is -0.384 e. The van der Waals surface area contributed by atoms with E-state index < -0.39 is 17.4 Å². The SMILES string of the molecule is Nc1c2c(cc(=O)n1-c1ccc(N3CCN(C(=O)c4cccs4)CC3)cc1)C(=O)NC2=O. The molecule has 32 heavy (non-hydrogen) atoms. The predicted octanol–water partition coefficient (Wildman–Crippen LogP) is 1.33. The lowest BCUT2D eigenvalue weighted by atomic mass is 10.1. The zero-order valence-corrected chi connectivity index (χ0v) is 17.7. The van der Waals surface area contributed by atoms with Crippen molar-refractivity contribution in [3.05, 3.63) is 74.2 Å². The number of piperazine rings is 1. The number of carbonyl (C=O) groups excluding carboxylic acids is 3. The Labute approximate surface area is 186 Å². The number of imide groups is 1. The van der Waals surface area contributed by atoms with Crippen LogP contribution >= 0.6 is 11.3 Å². The second kappa shape index (κ2) is 7.65. The summed E-state index contributed by atoms with van der Waals surface area (Å²) in [5.41, 5.74) is 7.07. The third-order valence-electron chi connectivity index (χ3n) is 5.73. The Bertz CT molecular complexity index is 1290. The van der Waals surface area contributed by atoms with Crippen molar-refractivity contribution < 1.29 is 14.4 Å². The van der Waals surface area contributed by atoms with E-state index in [1.54, 1.807) is 12.1 Å². The van der Waals surface area contributed by atoms with E-state index in [0.717, 1.165) is 16.6 Å². The number of nitrogens with zero attached hydrogens (tertiary/aromatic N) is 3. The molecule has 1 aromatic carbocycles. The highest BCUT2D eigenvalue weighted by molar-refractivity contribution is 7.12. The Balaban J connectivity index is 1.34. The smallest absolute Gasteiger partial charge is 0.264 e. The lowest BCUT2D eigenvalue weighted by Gasteiger charge is -2.36. The number of hydrogen-bond donors (Lipinski definition) is 2. The van der Waals surface area contributed by atoms with Gasteiger partial charge in [0.2, 0.25) is 0 Å². The van der Waals surface area contributed by atoms with Crippen molar-refractivity contribution in [1.82, 2.24) is 14.8 Å². The van der Waals surface area contributed by atoms with Crippen molar-refractivity contribution in [1.29, 1.82) is 0 Å². The summed E-state index contributed by atoms with van der Waals surface area (Å²) in [4.78, 5) is 53.7. The van der Waals surface area contributed by atoms with Gasteiger partial charge in [-0.25, -0.2) is 0 Å². The van der Waals surface area contributed by atoms with Gasteiger partial charge < -0.3 is 15.5 Å². The third-order valence-corrected chi connectivity index (χ3v) is 6.58. The summed E-state index contributed by atoms with van der Waals surface area (Å²) in [5.74, 6) is -1.23. The maximum Gasteiger partial charge on any atom is 0.264 e. The van der Waals surface area contributed by atoms with Crippen molar-refractivity contribution in [2.45, 2.75) is 0 Å². The molecule has 0 aliphatic carbocycles. The van der Waals surface area contributed by atoms with Crippen LogP contribution in [0.2, 0.25) is 0 Å². The van der Waals surface area contributed by atoms with Gasteiger partial charge in [-0.05, 0) is 35.7 Å². The van der Waals surface area contributed by atoms with Crippen molar-refractivity contribution >= 4 is 40.6 Å². The fraction of sp³-hybridized carbons (Fsp3) is 0.182. The Hall–Kier alpha value is -3.92. The third kappa shape index (κ3) is 3.25. The molecule has 0 spiro atoms. The topological polar surface area (TPSA) is 118 Å². The predicted molar refractivity (Wildman–Crippen MR) is 121 cm³/mol. The molecule has 2 aromatic heterocycles. The maximum absolute atomic E-state index is 12.6. The van der Waals surface area contributed by atoms with Crippen LogP contribution in [0.1, 0.15) is 30.4 Å². The van der Waals surface area contributed by atoms with E-state index in [0.29, 0.717) is 31.9 Å². The van der Waals surface area contributed by atoms with Gasteiger partial charge in [0.25, 0.3) is 23.3 Å². The average molecular weight is 449 g/mol. The number of pyridine rings is 1. The van der Waals surface area contributed by atoms with Crippen LogP contribution in [0.15, 0.2) is 52.6 Å². The zero-order valence-electron chi connectivity index (χ0n) is 16.9. The van der Waals surface area contributed by atoms with Crippen LogP contribution in [0.3, 0.4) is 0 Å². The van der Waals surface area contributed by atoms with E-state index in [2.05, 4.69) is 10.2 Å². The first-order chi connectivity index (χ1) is 15.4. The van der Waals surface area contributed by atoms with Crippen LogP contribution in [-0.4, -0.2) is 53.4 Å². The highest BCUT2D eigenvalue weighted by atomic mass is 32.1. The van der Waals surface area contributed by atoms with Crippen LogP contribution in [-0.2, 0) is 0 Å². The number of anilines is 2. The quantitative estimate of drug-likeness (QED) is 0.583. The van der Waals surface area contributed by atoms with E-state index in [1.807, 2.05) is 34.5 Å². The molecule has 0 radical (unpaired) electrons. The summed E-state index contributed by atoms with van der Waals surface area (Å²) >= 11 is 1.44. The Morgan fingerprint density at radius 1 is 0.938 bits per heavy atom. The summed E-state index contributed by atoms with van der Waals surface area (Å²) in [5, 5.41) is 4.05. The lowest BCUT2D eigenvalue weighted by molar-refractivity contribution is 0.0750. The van der Waals surface area contributed by atoms with E-state index >= 15 is 0 Å². The molecule has 5 rings (SSSR count). The number of aromatic nitrogens is 1. The minimum atomic E-state index is -0.618. The molecule has 10 heteroatoms. The molecule has 3 amide bonds. The number of rotatable bonds is 3. The van der Waals surface area contributed by atoms with E-state index in [1.165, 1.54) is 15.9 Å². The lowest BCUT2D eigenvalue weighted by Crippen LogP contribution is -2.48. The molecule has 162 valence electrons. The van der Waals surface area contributed by atoms with Gasteiger partial charge in [-0.1, -0.05) is 6.07 Å². The number of benzene rings is 1. The molecule has 4 heterocycles. The first-order valence-electron chi connectivity index (χ1n) is 10.0. The fourth-order valence-corrected chi connectivity index (χ4v) is 4.77. The number of amides is 3. The Morgan fingerprint density at radius 3 is 2.28 bits per heavy atom. The minimum absolute atomic E-state index is 0.000312. The first-order valence-corrected chi connectivity index (χ1v) is 10.9. The van der Waals surface area contributed by atoms with Crippen LogP contribution in [0, 0.1) is 0 Å². The second-order valence-corrected chi connectivity index (χ2v) is 8.50. The second-order valence-electron chi connectivity index (χ2n) is 7.55. The number of thiophene rings is 1. The number of nitrogen functional groups attached to an aromatic ring is 1. The van der Waals surface area contributed by atoms with Gasteiger partial charge in [0.15, 0.2) is 0 Å². The fourth-order valence-electron chi connectivity index (χ4n) is 4.08. The van der Waals surface area contributed by atoms with Gasteiger partial charge in [-0.15, -0.1) is 11.3 Å². The number of hydrogen-bond acceptors (Lipinski definition) is 7. The summed E-state index contributed by atoms with van der Waals surface area (Å²) in [6, 6.07) is 12.1. The molecule has 0 bridgehead atoms. The van der Waals surface area contributed by atoms with Crippen molar-refractivity contribution in [2.24, 2.45) is 0 Å². The number of carbonyl (C=O) groups is 3. The van der Waals surface area contributed by atoms with Gasteiger partial charge in [-0.2, -0.15) is 0 Å². The number of fused-ring (bicyclic) bond motifs is 1. The molecule has 0 atom stereocenters. The summed E-state index contributed by atoms with van der Waals surface area (Å²) in [6.07, 6.45) is 0. The van der Waals surface area contributed by atoms with Crippen LogP contribution < -0.4 is 21.5 Å². The van der Waals surface area contributed by atoms with Crippen molar-refractivity contribution in [3.8, 4) is 5.69 Å². The van der Waals surface area contributed by atoms with Gasteiger partial charge in [-0.3, -0.25) is 29.1 Å². The molecule has 0 unspecified atom stereocenters. The summed E-state index contributed by atoms with van der Waals surface area (Å²) in [6.45, 7) is 2.64.